The van der Waals surface area contributed by atoms with E-state index in [2.05, 4.69) is 10.6 Å². The number of benzene rings is 1. The summed E-state index contributed by atoms with van der Waals surface area (Å²) in [5, 5.41) is 14.4. The van der Waals surface area contributed by atoms with Gasteiger partial charge >= 0.3 is 5.97 Å². The number of anilines is 1. The van der Waals surface area contributed by atoms with Gasteiger partial charge in [-0.05, 0) is 47.3 Å². The van der Waals surface area contributed by atoms with E-state index in [-0.39, 0.29) is 18.0 Å². The number of amides is 1. The summed E-state index contributed by atoms with van der Waals surface area (Å²) >= 11 is 2.02. The van der Waals surface area contributed by atoms with Crippen molar-refractivity contribution in [1.82, 2.24) is 5.32 Å². The Balaban J connectivity index is 2.83. The summed E-state index contributed by atoms with van der Waals surface area (Å²) in [4.78, 5) is 22.5. The summed E-state index contributed by atoms with van der Waals surface area (Å²) in [6.45, 7) is 2.74. The molecule has 0 aliphatic carbocycles. The fourth-order valence-corrected chi connectivity index (χ4v) is 1.73. The molecule has 0 saturated heterocycles. The second kappa shape index (κ2) is 6.55. The first-order valence-electron chi connectivity index (χ1n) is 5.08. The molecule has 0 bridgehead atoms. The van der Waals surface area contributed by atoms with Crippen molar-refractivity contribution < 1.29 is 14.7 Å². The Morgan fingerprint density at radius 1 is 1.41 bits per heavy atom. The number of halogens is 1. The van der Waals surface area contributed by atoms with Crippen molar-refractivity contribution >= 4 is 40.2 Å². The monoisotopic (exact) mass is 348 g/mol. The van der Waals surface area contributed by atoms with Crippen LogP contribution in [0.5, 0.6) is 0 Å². The normalized spacial score (nSPS) is 10.0. The average Bonchev–Trinajstić information content (AvgIpc) is 2.28. The van der Waals surface area contributed by atoms with Crippen molar-refractivity contribution in [3.63, 3.8) is 0 Å². The highest BCUT2D eigenvalue weighted by atomic mass is 127. The van der Waals surface area contributed by atoms with Crippen LogP contribution in [0.1, 0.15) is 17.3 Å². The van der Waals surface area contributed by atoms with E-state index in [1.54, 1.807) is 12.1 Å². The lowest BCUT2D eigenvalue weighted by Crippen LogP contribution is -2.28. The topological polar surface area (TPSA) is 78.4 Å². The maximum atomic E-state index is 11.5. The van der Waals surface area contributed by atoms with E-state index in [1.807, 2.05) is 29.5 Å². The molecule has 1 aromatic rings. The minimum absolute atomic E-state index is 0.0988. The van der Waals surface area contributed by atoms with E-state index in [0.717, 1.165) is 3.57 Å². The van der Waals surface area contributed by atoms with Gasteiger partial charge in [0.15, 0.2) is 0 Å². The lowest BCUT2D eigenvalue weighted by molar-refractivity contribution is -0.115. The van der Waals surface area contributed by atoms with Gasteiger partial charge in [-0.3, -0.25) is 4.79 Å². The first-order chi connectivity index (χ1) is 8.04. The fraction of sp³-hybridized carbons (Fsp3) is 0.273. The van der Waals surface area contributed by atoms with Gasteiger partial charge in [-0.15, -0.1) is 0 Å². The van der Waals surface area contributed by atoms with Gasteiger partial charge in [-0.1, -0.05) is 6.92 Å². The molecule has 92 valence electrons. The van der Waals surface area contributed by atoms with Crippen LogP contribution in [0.2, 0.25) is 0 Å². The number of hydrogen-bond acceptors (Lipinski definition) is 3. The zero-order valence-corrected chi connectivity index (χ0v) is 11.4. The Hall–Kier alpha value is -1.15. The molecule has 17 heavy (non-hydrogen) atoms. The van der Waals surface area contributed by atoms with E-state index in [0.29, 0.717) is 12.2 Å². The Morgan fingerprint density at radius 3 is 2.71 bits per heavy atom. The predicted octanol–water partition coefficient (Wildman–Crippen LogP) is 1.54. The number of hydrogen-bond donors (Lipinski definition) is 3. The van der Waals surface area contributed by atoms with E-state index >= 15 is 0 Å². The molecule has 0 aliphatic rings. The second-order valence-corrected chi connectivity index (χ2v) is 4.57. The molecule has 0 aromatic heterocycles. The molecule has 0 radical (unpaired) electrons. The van der Waals surface area contributed by atoms with E-state index in [1.165, 1.54) is 6.07 Å². The molecule has 0 unspecified atom stereocenters. The van der Waals surface area contributed by atoms with E-state index in [4.69, 9.17) is 5.11 Å². The quantitative estimate of drug-likeness (QED) is 0.706. The second-order valence-electron chi connectivity index (χ2n) is 3.32. The molecule has 0 atom stereocenters. The number of rotatable bonds is 5. The first kappa shape index (κ1) is 13.9. The SMILES string of the molecule is CCNCC(=O)Nc1ccc(I)cc1C(=O)O. The molecule has 0 aliphatic heterocycles. The van der Waals surface area contributed by atoms with Gasteiger partial charge in [0, 0.05) is 3.57 Å². The standard InChI is InChI=1S/C11H13IN2O3/c1-2-13-6-10(15)14-9-4-3-7(12)5-8(9)11(16)17/h3-5,13H,2,6H2,1H3,(H,14,15)(H,16,17). The molecule has 1 aromatic carbocycles. The van der Waals surface area contributed by atoms with E-state index in [9.17, 15) is 9.59 Å². The number of carboxylic acid groups (broad SMARTS) is 1. The van der Waals surface area contributed by atoms with Gasteiger partial charge in [-0.2, -0.15) is 0 Å². The zero-order chi connectivity index (χ0) is 12.8. The highest BCUT2D eigenvalue weighted by Crippen LogP contribution is 2.18. The molecular formula is C11H13IN2O3. The predicted molar refractivity (Wildman–Crippen MR) is 73.3 cm³/mol. The van der Waals surface area contributed by atoms with Crippen LogP contribution in [-0.4, -0.2) is 30.1 Å². The van der Waals surface area contributed by atoms with Gasteiger partial charge < -0.3 is 15.7 Å². The molecule has 1 amide bonds. The highest BCUT2D eigenvalue weighted by molar-refractivity contribution is 14.1. The van der Waals surface area contributed by atoms with Crippen LogP contribution in [0, 0.1) is 3.57 Å². The van der Waals surface area contributed by atoms with Gasteiger partial charge in [0.1, 0.15) is 0 Å². The molecule has 1 rings (SSSR count). The highest BCUT2D eigenvalue weighted by Gasteiger charge is 2.12. The van der Waals surface area contributed by atoms with Crippen molar-refractivity contribution in [2.75, 3.05) is 18.4 Å². The van der Waals surface area contributed by atoms with Crippen molar-refractivity contribution in [3.05, 3.63) is 27.3 Å². The Labute approximate surface area is 113 Å². The third kappa shape index (κ3) is 4.31. The summed E-state index contributed by atoms with van der Waals surface area (Å²) in [5.74, 6) is -1.31. The summed E-state index contributed by atoms with van der Waals surface area (Å²) < 4.78 is 0.810. The summed E-state index contributed by atoms with van der Waals surface area (Å²) in [7, 11) is 0. The molecule has 0 fully saturated rings. The van der Waals surface area contributed by atoms with Gasteiger partial charge in [0.25, 0.3) is 0 Å². The number of carboxylic acids is 1. The Kier molecular flexibility index (Phi) is 5.36. The third-order valence-electron chi connectivity index (χ3n) is 2.02. The van der Waals surface area contributed by atoms with Crippen molar-refractivity contribution in [3.8, 4) is 0 Å². The average molecular weight is 348 g/mol. The third-order valence-corrected chi connectivity index (χ3v) is 2.69. The molecule has 0 spiro atoms. The zero-order valence-electron chi connectivity index (χ0n) is 9.29. The van der Waals surface area contributed by atoms with Crippen LogP contribution in [0.15, 0.2) is 18.2 Å². The number of carbonyl (C=O) groups is 2. The van der Waals surface area contributed by atoms with Crippen LogP contribution in [0.3, 0.4) is 0 Å². The number of nitrogens with one attached hydrogen (secondary N) is 2. The molecule has 0 saturated carbocycles. The molecule has 0 heterocycles. The molecule has 6 heteroatoms. The Bertz CT molecular complexity index is 435. The minimum Gasteiger partial charge on any atom is -0.478 e. The molecule has 5 nitrogen and oxygen atoms in total. The maximum absolute atomic E-state index is 11.5. The van der Waals surface area contributed by atoms with E-state index < -0.39 is 5.97 Å². The lowest BCUT2D eigenvalue weighted by Gasteiger charge is -2.09. The van der Waals surface area contributed by atoms with Crippen LogP contribution in [0.4, 0.5) is 5.69 Å². The largest absolute Gasteiger partial charge is 0.478 e. The number of aromatic carboxylic acids is 1. The molecule has 3 N–H and O–H groups in total. The van der Waals surface area contributed by atoms with Gasteiger partial charge in [0.05, 0.1) is 17.8 Å². The fourth-order valence-electron chi connectivity index (χ4n) is 1.24. The van der Waals surface area contributed by atoms with Crippen molar-refractivity contribution in [2.24, 2.45) is 0 Å². The summed E-state index contributed by atoms with van der Waals surface area (Å²) in [6, 6.07) is 4.86. The van der Waals surface area contributed by atoms with Gasteiger partial charge in [0.2, 0.25) is 5.91 Å². The van der Waals surface area contributed by atoms with Crippen molar-refractivity contribution in [2.45, 2.75) is 6.92 Å². The summed E-state index contributed by atoms with van der Waals surface area (Å²) in [5.41, 5.74) is 0.419. The van der Waals surface area contributed by atoms with Crippen molar-refractivity contribution in [1.29, 1.82) is 0 Å². The molecular weight excluding hydrogens is 335 g/mol. The lowest BCUT2D eigenvalue weighted by atomic mass is 10.2. The van der Waals surface area contributed by atoms with Crippen LogP contribution in [0.25, 0.3) is 0 Å². The Morgan fingerprint density at radius 2 is 2.12 bits per heavy atom. The number of likely N-dealkylation sites (N-methyl/N-ethyl adjacent to an activating group) is 1. The van der Waals surface area contributed by atoms with Crippen LogP contribution in [-0.2, 0) is 4.79 Å². The van der Waals surface area contributed by atoms with Gasteiger partial charge in [-0.25, -0.2) is 4.79 Å². The number of carbonyl (C=O) groups excluding carboxylic acids is 1. The van der Waals surface area contributed by atoms with Crippen LogP contribution >= 0.6 is 22.6 Å². The smallest absolute Gasteiger partial charge is 0.337 e. The first-order valence-corrected chi connectivity index (χ1v) is 6.16. The summed E-state index contributed by atoms with van der Waals surface area (Å²) in [6.07, 6.45) is 0. The maximum Gasteiger partial charge on any atom is 0.337 e. The van der Waals surface area contributed by atoms with Crippen LogP contribution < -0.4 is 10.6 Å². The minimum atomic E-state index is -1.05.